The molecule has 1 aliphatic heterocycles. The molecule has 2 fully saturated rings. The number of hydrogen-bond donors (Lipinski definition) is 0. The molecule has 2 aromatic rings. The van der Waals surface area contributed by atoms with Gasteiger partial charge >= 0.3 is 5.97 Å². The first-order valence-electron chi connectivity index (χ1n) is 7.81. The van der Waals surface area contributed by atoms with Gasteiger partial charge in [0.2, 0.25) is 0 Å². The maximum absolute atomic E-state index is 13.2. The summed E-state index contributed by atoms with van der Waals surface area (Å²) in [4.78, 5) is 17.8. The van der Waals surface area contributed by atoms with Crippen molar-refractivity contribution >= 4 is 11.8 Å². The van der Waals surface area contributed by atoms with E-state index in [1.807, 2.05) is 21.6 Å². The molecule has 7 heteroatoms. The zero-order chi connectivity index (χ0) is 16.9. The summed E-state index contributed by atoms with van der Waals surface area (Å²) in [6, 6.07) is 5.50. The Morgan fingerprint density at radius 3 is 2.71 bits per heavy atom. The number of alkyl halides is 2. The topological polar surface area (TPSA) is 47.4 Å². The molecular formula is C17H17F2N3O2. The van der Waals surface area contributed by atoms with Gasteiger partial charge in [0.1, 0.15) is 5.82 Å². The average molecular weight is 333 g/mol. The fourth-order valence-electron chi connectivity index (χ4n) is 3.38. The molecule has 126 valence electrons. The molecule has 0 N–H and O–H groups in total. The first-order valence-corrected chi connectivity index (χ1v) is 7.81. The number of carbonyl (C=O) groups is 1. The van der Waals surface area contributed by atoms with Gasteiger partial charge in [-0.25, -0.2) is 18.6 Å². The van der Waals surface area contributed by atoms with Crippen LogP contribution in [0.25, 0.3) is 0 Å². The predicted octanol–water partition coefficient (Wildman–Crippen LogP) is 2.42. The van der Waals surface area contributed by atoms with Crippen molar-refractivity contribution in [1.82, 2.24) is 9.55 Å². The normalized spacial score (nSPS) is 23.9. The highest BCUT2D eigenvalue weighted by Gasteiger charge is 2.71. The Balaban J connectivity index is 1.40. The van der Waals surface area contributed by atoms with E-state index in [-0.39, 0.29) is 5.97 Å². The smallest absolute Gasteiger partial charge is 0.339 e. The van der Waals surface area contributed by atoms with Gasteiger partial charge in [-0.2, -0.15) is 0 Å². The predicted molar refractivity (Wildman–Crippen MR) is 83.3 cm³/mol. The molecule has 2 unspecified atom stereocenters. The van der Waals surface area contributed by atoms with Gasteiger partial charge in [0.25, 0.3) is 5.92 Å². The van der Waals surface area contributed by atoms with Gasteiger partial charge < -0.3 is 14.2 Å². The molecule has 1 aliphatic carbocycles. The number of methoxy groups -OCH3 is 1. The molecule has 0 spiro atoms. The zero-order valence-electron chi connectivity index (χ0n) is 13.2. The van der Waals surface area contributed by atoms with Gasteiger partial charge in [0, 0.05) is 38.2 Å². The molecule has 24 heavy (non-hydrogen) atoms. The van der Waals surface area contributed by atoms with E-state index in [1.165, 1.54) is 7.11 Å². The Morgan fingerprint density at radius 2 is 2.08 bits per heavy atom. The second kappa shape index (κ2) is 5.29. The van der Waals surface area contributed by atoms with Crippen molar-refractivity contribution in [3.05, 3.63) is 47.9 Å². The van der Waals surface area contributed by atoms with E-state index < -0.39 is 17.8 Å². The van der Waals surface area contributed by atoms with E-state index in [1.54, 1.807) is 24.7 Å². The SMILES string of the molecule is COC(=O)c1ccn(Cc2ccc(N3CC4C(C3)C4(F)F)nc2)c1. The molecule has 2 aliphatic rings. The number of fused-ring (bicyclic) bond motifs is 1. The van der Waals surface area contributed by atoms with E-state index in [2.05, 4.69) is 9.72 Å². The molecule has 5 nitrogen and oxygen atoms in total. The van der Waals surface area contributed by atoms with Crippen molar-refractivity contribution in [1.29, 1.82) is 0 Å². The number of piperidine rings is 1. The summed E-state index contributed by atoms with van der Waals surface area (Å²) < 4.78 is 33.0. The Kier molecular flexibility index (Phi) is 3.33. The monoisotopic (exact) mass is 333 g/mol. The molecule has 3 heterocycles. The quantitative estimate of drug-likeness (QED) is 0.806. The van der Waals surface area contributed by atoms with Crippen LogP contribution >= 0.6 is 0 Å². The molecule has 2 atom stereocenters. The van der Waals surface area contributed by atoms with E-state index in [0.29, 0.717) is 25.2 Å². The van der Waals surface area contributed by atoms with Crippen LogP contribution in [0.15, 0.2) is 36.8 Å². The van der Waals surface area contributed by atoms with Crippen LogP contribution in [-0.2, 0) is 11.3 Å². The lowest BCUT2D eigenvalue weighted by molar-refractivity contribution is 0.0600. The van der Waals surface area contributed by atoms with Crippen LogP contribution in [0.4, 0.5) is 14.6 Å². The van der Waals surface area contributed by atoms with E-state index in [0.717, 1.165) is 11.4 Å². The van der Waals surface area contributed by atoms with Gasteiger partial charge in [-0.05, 0) is 17.7 Å². The first kappa shape index (κ1) is 15.1. The Hall–Kier alpha value is -2.44. The third-order valence-corrected chi connectivity index (χ3v) is 4.87. The average Bonchev–Trinajstić information content (AvgIpc) is 3.05. The standard InChI is InChI=1S/C17H17F2N3O2/c1-24-16(23)12-4-5-21(8-12)7-11-2-3-15(20-6-11)22-9-13-14(10-22)17(13,18)19/h2-6,8,13-14H,7,9-10H2,1H3. The Morgan fingerprint density at radius 1 is 1.33 bits per heavy atom. The fraction of sp³-hybridized carbons (Fsp3) is 0.412. The highest BCUT2D eigenvalue weighted by molar-refractivity contribution is 5.89. The van der Waals surface area contributed by atoms with Crippen molar-refractivity contribution in [3.8, 4) is 0 Å². The maximum atomic E-state index is 13.2. The largest absolute Gasteiger partial charge is 0.465 e. The number of carbonyl (C=O) groups excluding carboxylic acids is 1. The number of ether oxygens (including phenoxy) is 1. The van der Waals surface area contributed by atoms with Crippen molar-refractivity contribution in [3.63, 3.8) is 0 Å². The lowest BCUT2D eigenvalue weighted by Crippen LogP contribution is -2.28. The van der Waals surface area contributed by atoms with Crippen molar-refractivity contribution < 1.29 is 18.3 Å². The summed E-state index contributed by atoms with van der Waals surface area (Å²) in [5.74, 6) is -3.11. The number of hydrogen-bond acceptors (Lipinski definition) is 4. The van der Waals surface area contributed by atoms with Gasteiger partial charge in [-0.15, -0.1) is 0 Å². The highest BCUT2D eigenvalue weighted by Crippen LogP contribution is 2.59. The van der Waals surface area contributed by atoms with Crippen LogP contribution in [0.5, 0.6) is 0 Å². The molecule has 1 saturated carbocycles. The Labute approximate surface area is 137 Å². The van der Waals surface area contributed by atoms with E-state index >= 15 is 0 Å². The summed E-state index contributed by atoms with van der Waals surface area (Å²) in [5.41, 5.74) is 1.47. The molecular weight excluding hydrogens is 316 g/mol. The number of halogens is 2. The minimum atomic E-state index is -2.47. The lowest BCUT2D eigenvalue weighted by Gasteiger charge is -2.20. The zero-order valence-corrected chi connectivity index (χ0v) is 13.2. The summed E-state index contributed by atoms with van der Waals surface area (Å²) >= 11 is 0. The van der Waals surface area contributed by atoms with E-state index in [9.17, 15) is 13.6 Å². The van der Waals surface area contributed by atoms with Crippen LogP contribution in [0.1, 0.15) is 15.9 Å². The fourth-order valence-corrected chi connectivity index (χ4v) is 3.38. The molecule has 0 aromatic carbocycles. The van der Waals surface area contributed by atoms with Crippen LogP contribution in [0.3, 0.4) is 0 Å². The second-order valence-corrected chi connectivity index (χ2v) is 6.38. The summed E-state index contributed by atoms with van der Waals surface area (Å²) in [5, 5.41) is 0. The van der Waals surface area contributed by atoms with Crippen LogP contribution in [0.2, 0.25) is 0 Å². The Bertz CT molecular complexity index is 758. The van der Waals surface area contributed by atoms with Gasteiger partial charge in [0.15, 0.2) is 0 Å². The first-order chi connectivity index (χ1) is 11.5. The van der Waals surface area contributed by atoms with Crippen LogP contribution in [0, 0.1) is 11.8 Å². The van der Waals surface area contributed by atoms with Crippen LogP contribution < -0.4 is 4.90 Å². The minimum absolute atomic E-state index is 0.369. The van der Waals surface area contributed by atoms with Crippen molar-refractivity contribution in [2.24, 2.45) is 11.8 Å². The number of anilines is 1. The van der Waals surface area contributed by atoms with Crippen LogP contribution in [-0.4, -0.2) is 41.6 Å². The van der Waals surface area contributed by atoms with Crippen molar-refractivity contribution in [2.75, 3.05) is 25.1 Å². The number of nitrogens with zero attached hydrogens (tertiary/aromatic N) is 3. The number of aromatic nitrogens is 2. The minimum Gasteiger partial charge on any atom is -0.465 e. The summed E-state index contributed by atoms with van der Waals surface area (Å²) in [6.45, 7) is 1.34. The molecule has 2 aromatic heterocycles. The maximum Gasteiger partial charge on any atom is 0.339 e. The summed E-state index contributed by atoms with van der Waals surface area (Å²) in [7, 11) is 1.35. The van der Waals surface area contributed by atoms with Gasteiger partial charge in [-0.3, -0.25) is 0 Å². The highest BCUT2D eigenvalue weighted by atomic mass is 19.3. The molecule has 4 rings (SSSR count). The van der Waals surface area contributed by atoms with E-state index in [4.69, 9.17) is 0 Å². The number of pyridine rings is 1. The third-order valence-electron chi connectivity index (χ3n) is 4.87. The molecule has 0 radical (unpaired) electrons. The number of esters is 1. The second-order valence-electron chi connectivity index (χ2n) is 6.38. The lowest BCUT2D eigenvalue weighted by atomic mass is 10.2. The molecule has 1 saturated heterocycles. The van der Waals surface area contributed by atoms with Gasteiger partial charge in [0.05, 0.1) is 24.5 Å². The molecule has 0 bridgehead atoms. The third kappa shape index (κ3) is 2.44. The van der Waals surface area contributed by atoms with Gasteiger partial charge in [-0.1, -0.05) is 6.07 Å². The number of rotatable bonds is 4. The van der Waals surface area contributed by atoms with Crippen molar-refractivity contribution in [2.45, 2.75) is 12.5 Å². The summed E-state index contributed by atoms with van der Waals surface area (Å²) in [6.07, 6.45) is 5.27. The molecule has 0 amide bonds.